The van der Waals surface area contributed by atoms with E-state index >= 15 is 0 Å². The van der Waals surface area contributed by atoms with E-state index in [-0.39, 0.29) is 11.8 Å². The number of carbonyl (C=O) groups is 2. The number of amides is 2. The zero-order valence-corrected chi connectivity index (χ0v) is 18.9. The Morgan fingerprint density at radius 2 is 1.50 bits per heavy atom. The summed E-state index contributed by atoms with van der Waals surface area (Å²) in [6.07, 6.45) is 0.975. The molecule has 2 aromatic carbocycles. The monoisotopic (exact) mass is 436 g/mol. The third kappa shape index (κ3) is 5.93. The van der Waals surface area contributed by atoms with Crippen molar-refractivity contribution in [3.05, 3.63) is 70.7 Å². The van der Waals surface area contributed by atoms with Gasteiger partial charge >= 0.3 is 0 Å². The van der Waals surface area contributed by atoms with Gasteiger partial charge in [0.05, 0.1) is 5.54 Å². The van der Waals surface area contributed by atoms with Crippen LogP contribution in [-0.4, -0.2) is 32.5 Å². The minimum absolute atomic E-state index is 0.222. The van der Waals surface area contributed by atoms with Crippen molar-refractivity contribution in [1.82, 2.24) is 9.42 Å². The Hall–Kier alpha value is -1.63. The predicted molar refractivity (Wildman–Crippen MR) is 120 cm³/mol. The van der Waals surface area contributed by atoms with Crippen molar-refractivity contribution in [1.29, 1.82) is 0 Å². The van der Waals surface area contributed by atoms with E-state index in [4.69, 9.17) is 11.6 Å². The molecule has 0 aliphatic carbocycles. The number of nitrogens with zero attached hydrogens (tertiary/aromatic N) is 2. The highest BCUT2D eigenvalue weighted by Crippen LogP contribution is 2.34. The Kier molecular flexibility index (Phi) is 8.28. The van der Waals surface area contributed by atoms with Crippen molar-refractivity contribution in [2.24, 2.45) is 0 Å². The zero-order chi connectivity index (χ0) is 20.7. The Labute approximate surface area is 180 Å². The Morgan fingerprint density at radius 1 is 0.929 bits per heavy atom. The van der Waals surface area contributed by atoms with Crippen LogP contribution < -0.4 is 0 Å². The van der Waals surface area contributed by atoms with Crippen molar-refractivity contribution in [3.63, 3.8) is 0 Å². The molecule has 0 aliphatic rings. The van der Waals surface area contributed by atoms with E-state index in [2.05, 4.69) is 6.92 Å². The number of rotatable bonds is 6. The Morgan fingerprint density at radius 3 is 2.04 bits per heavy atom. The normalized spacial score (nSPS) is 11.2. The van der Waals surface area contributed by atoms with Gasteiger partial charge in [-0.05, 0) is 63.6 Å². The second-order valence-electron chi connectivity index (χ2n) is 7.14. The van der Waals surface area contributed by atoms with E-state index in [1.54, 1.807) is 47.2 Å². The molecule has 0 bridgehead atoms. The molecule has 0 unspecified atom stereocenters. The Bertz CT molecular complexity index is 792. The summed E-state index contributed by atoms with van der Waals surface area (Å²) in [7, 11) is 2.83. The van der Waals surface area contributed by atoms with E-state index in [0.717, 1.165) is 12.2 Å². The standard InChI is InChI=1S/C21H25ClN2O2S2/c1-5-15-27-28-24(20(26)17-11-13-18(22)14-12-17)23(21(2,3)4)19(25)16-9-7-6-8-10-16/h6-14H,5,15H2,1-4H3. The van der Waals surface area contributed by atoms with Crippen LogP contribution >= 0.6 is 33.4 Å². The van der Waals surface area contributed by atoms with Crippen LogP contribution in [0.15, 0.2) is 54.6 Å². The fraction of sp³-hybridized carbons (Fsp3) is 0.333. The fourth-order valence-electron chi connectivity index (χ4n) is 2.39. The molecule has 2 amide bonds. The Balaban J connectivity index is 2.44. The van der Waals surface area contributed by atoms with Gasteiger partial charge in [-0.2, -0.15) is 4.41 Å². The molecule has 28 heavy (non-hydrogen) atoms. The number of halogens is 1. The summed E-state index contributed by atoms with van der Waals surface area (Å²) in [4.78, 5) is 26.7. The van der Waals surface area contributed by atoms with Gasteiger partial charge in [-0.1, -0.05) is 47.5 Å². The van der Waals surface area contributed by atoms with Crippen LogP contribution in [0.25, 0.3) is 0 Å². The molecular formula is C21H25ClN2O2S2. The van der Waals surface area contributed by atoms with Gasteiger partial charge in [-0.3, -0.25) is 9.59 Å². The van der Waals surface area contributed by atoms with Gasteiger partial charge in [0, 0.05) is 32.9 Å². The van der Waals surface area contributed by atoms with Crippen molar-refractivity contribution >= 4 is 45.2 Å². The molecule has 4 nitrogen and oxygen atoms in total. The second-order valence-corrected chi connectivity index (χ2v) is 9.86. The van der Waals surface area contributed by atoms with Crippen molar-refractivity contribution in [2.75, 3.05) is 5.75 Å². The number of benzene rings is 2. The summed E-state index contributed by atoms with van der Waals surface area (Å²) >= 11 is 5.97. The quantitative estimate of drug-likeness (QED) is 0.229. The van der Waals surface area contributed by atoms with Crippen LogP contribution in [0.5, 0.6) is 0 Å². The number of carbonyl (C=O) groups excluding carboxylic acids is 2. The summed E-state index contributed by atoms with van der Waals surface area (Å²) < 4.78 is 1.47. The van der Waals surface area contributed by atoms with Gasteiger partial charge in [0.25, 0.3) is 11.8 Å². The molecule has 0 N–H and O–H groups in total. The van der Waals surface area contributed by atoms with Crippen molar-refractivity contribution < 1.29 is 9.59 Å². The molecule has 0 aromatic heterocycles. The molecule has 150 valence electrons. The third-order valence-electron chi connectivity index (χ3n) is 3.71. The summed E-state index contributed by atoms with van der Waals surface area (Å²) in [5.41, 5.74) is 0.408. The topological polar surface area (TPSA) is 40.6 Å². The molecule has 2 aromatic rings. The lowest BCUT2D eigenvalue weighted by atomic mass is 10.1. The molecule has 7 heteroatoms. The molecule has 0 radical (unpaired) electrons. The highest BCUT2D eigenvalue weighted by molar-refractivity contribution is 8.75. The largest absolute Gasteiger partial charge is 0.283 e. The first-order valence-corrected chi connectivity index (χ1v) is 11.7. The minimum Gasteiger partial charge on any atom is -0.267 e. The number of hydrogen-bond acceptors (Lipinski definition) is 4. The average molecular weight is 437 g/mol. The van der Waals surface area contributed by atoms with Gasteiger partial charge in [0.1, 0.15) is 0 Å². The summed E-state index contributed by atoms with van der Waals surface area (Å²) in [5.74, 6) is 0.386. The predicted octanol–water partition coefficient (Wildman–Crippen LogP) is 6.34. The minimum atomic E-state index is -0.602. The molecule has 0 aliphatic heterocycles. The lowest BCUT2D eigenvalue weighted by Crippen LogP contribution is -2.55. The molecule has 0 fully saturated rings. The SMILES string of the molecule is CCCSSN(C(=O)c1ccc(Cl)cc1)N(C(=O)c1ccccc1)C(C)(C)C. The van der Waals surface area contributed by atoms with Gasteiger partial charge in [0.2, 0.25) is 0 Å². The molecule has 0 saturated carbocycles. The first kappa shape index (κ1) is 22.7. The van der Waals surface area contributed by atoms with E-state index in [1.165, 1.54) is 20.4 Å². The zero-order valence-electron chi connectivity index (χ0n) is 16.5. The van der Waals surface area contributed by atoms with Gasteiger partial charge < -0.3 is 0 Å². The highest BCUT2D eigenvalue weighted by Gasteiger charge is 2.37. The maximum absolute atomic E-state index is 13.3. The van der Waals surface area contributed by atoms with Crippen LogP contribution in [-0.2, 0) is 0 Å². The molecular weight excluding hydrogens is 412 g/mol. The van der Waals surface area contributed by atoms with Crippen LogP contribution in [0.1, 0.15) is 54.8 Å². The van der Waals surface area contributed by atoms with E-state index in [1.807, 2.05) is 39.0 Å². The highest BCUT2D eigenvalue weighted by atomic mass is 35.5. The molecule has 0 atom stereocenters. The van der Waals surface area contributed by atoms with E-state index < -0.39 is 5.54 Å². The summed E-state index contributed by atoms with van der Waals surface area (Å²) in [6, 6.07) is 15.7. The molecule has 2 rings (SSSR count). The molecule has 0 spiro atoms. The smallest absolute Gasteiger partial charge is 0.267 e. The first-order chi connectivity index (χ1) is 13.3. The lowest BCUT2D eigenvalue weighted by molar-refractivity contribution is 0.000526. The second kappa shape index (κ2) is 10.2. The van der Waals surface area contributed by atoms with Gasteiger partial charge in [0.15, 0.2) is 0 Å². The maximum atomic E-state index is 13.3. The van der Waals surface area contributed by atoms with Gasteiger partial charge in [-0.15, -0.1) is 0 Å². The van der Waals surface area contributed by atoms with E-state index in [9.17, 15) is 9.59 Å². The van der Waals surface area contributed by atoms with E-state index in [0.29, 0.717) is 16.1 Å². The average Bonchev–Trinajstić information content (AvgIpc) is 2.67. The van der Waals surface area contributed by atoms with Crippen LogP contribution in [0.3, 0.4) is 0 Å². The lowest BCUT2D eigenvalue weighted by Gasteiger charge is -2.42. The molecule has 0 heterocycles. The third-order valence-corrected chi connectivity index (χ3v) is 6.35. The summed E-state index contributed by atoms with van der Waals surface area (Å²) in [5, 5.41) is 2.09. The van der Waals surface area contributed by atoms with Crippen LogP contribution in [0.2, 0.25) is 5.02 Å². The number of hydrogen-bond donors (Lipinski definition) is 0. The van der Waals surface area contributed by atoms with Crippen LogP contribution in [0, 0.1) is 0 Å². The maximum Gasteiger partial charge on any atom is 0.283 e. The number of hydrazine groups is 1. The van der Waals surface area contributed by atoms with Crippen molar-refractivity contribution in [2.45, 2.75) is 39.7 Å². The summed E-state index contributed by atoms with van der Waals surface area (Å²) in [6.45, 7) is 7.83. The fourth-order valence-corrected chi connectivity index (χ4v) is 4.85. The first-order valence-electron chi connectivity index (χ1n) is 9.05. The van der Waals surface area contributed by atoms with Crippen LogP contribution in [0.4, 0.5) is 0 Å². The van der Waals surface area contributed by atoms with Crippen molar-refractivity contribution in [3.8, 4) is 0 Å². The molecule has 0 saturated heterocycles. The van der Waals surface area contributed by atoms with Gasteiger partial charge in [-0.25, -0.2) is 5.01 Å².